The second-order valence-electron chi connectivity index (χ2n) is 11.8. The van der Waals surface area contributed by atoms with Gasteiger partial charge < -0.3 is 26.0 Å². The quantitative estimate of drug-likeness (QED) is 0.271. The molecule has 3 unspecified atom stereocenters. The van der Waals surface area contributed by atoms with E-state index in [1.165, 1.54) is 26.2 Å². The number of amides is 3. The molecule has 0 heterocycles. The van der Waals surface area contributed by atoms with Crippen LogP contribution >= 0.6 is 0 Å². The van der Waals surface area contributed by atoms with Gasteiger partial charge in [-0.2, -0.15) is 5.48 Å². The van der Waals surface area contributed by atoms with E-state index < -0.39 is 6.17 Å². The van der Waals surface area contributed by atoms with Crippen LogP contribution < -0.4 is 21.4 Å². The van der Waals surface area contributed by atoms with Gasteiger partial charge in [-0.15, -0.1) is 0 Å². The van der Waals surface area contributed by atoms with Crippen LogP contribution in [0, 0.1) is 16.7 Å². The molecule has 5 N–H and O–H groups in total. The van der Waals surface area contributed by atoms with Crippen molar-refractivity contribution in [1.29, 1.82) is 0 Å². The minimum atomic E-state index is -0.639. The molecule has 8 nitrogen and oxygen atoms in total. The molecule has 4 bridgehead atoms. The Balaban J connectivity index is 1.31. The van der Waals surface area contributed by atoms with Gasteiger partial charge in [0.15, 0.2) is 0 Å². The molecule has 5 rings (SSSR count). The Hall–Kier alpha value is -2.45. The van der Waals surface area contributed by atoms with E-state index in [4.69, 9.17) is 0 Å². The number of rotatable bonds is 9. The molecule has 3 atom stereocenters. The SMILES string of the molecule is CC(=O)CCCC(NO)NC(=O)c1ccc(NC(=O)NC23CC4CC(C)(CC(C)(C4)C2)C3)cc1. The van der Waals surface area contributed by atoms with Gasteiger partial charge in [-0.1, -0.05) is 13.8 Å². The number of ketones is 1. The number of hydrogen-bond acceptors (Lipinski definition) is 5. The number of carbonyl (C=O) groups excluding carboxylic acids is 3. The number of carbonyl (C=O) groups is 3. The molecule has 8 heteroatoms. The Morgan fingerprint density at radius 3 is 2.24 bits per heavy atom. The van der Waals surface area contributed by atoms with E-state index in [-0.39, 0.29) is 23.3 Å². The van der Waals surface area contributed by atoms with Crippen molar-refractivity contribution in [2.24, 2.45) is 16.7 Å². The second kappa shape index (κ2) is 9.30. The second-order valence-corrected chi connectivity index (χ2v) is 11.8. The van der Waals surface area contributed by atoms with E-state index >= 15 is 0 Å². The fraction of sp³-hybridized carbons (Fsp3) is 0.654. The maximum atomic E-state index is 12.9. The zero-order valence-corrected chi connectivity index (χ0v) is 20.5. The molecule has 0 radical (unpaired) electrons. The van der Waals surface area contributed by atoms with Gasteiger partial charge in [-0.3, -0.25) is 4.79 Å². The summed E-state index contributed by atoms with van der Waals surface area (Å²) < 4.78 is 0. The molecule has 4 aliphatic rings. The smallest absolute Gasteiger partial charge is 0.319 e. The van der Waals surface area contributed by atoms with Crippen molar-refractivity contribution in [3.63, 3.8) is 0 Å². The summed E-state index contributed by atoms with van der Waals surface area (Å²) in [6.07, 6.45) is 7.73. The van der Waals surface area contributed by atoms with Crippen molar-refractivity contribution in [3.05, 3.63) is 29.8 Å². The highest BCUT2D eigenvalue weighted by atomic mass is 16.5. The largest absolute Gasteiger partial charge is 0.335 e. The molecule has 0 aliphatic heterocycles. The van der Waals surface area contributed by atoms with Crippen LogP contribution in [0.25, 0.3) is 0 Å². The summed E-state index contributed by atoms with van der Waals surface area (Å²) in [5, 5.41) is 18.2. The number of urea groups is 1. The van der Waals surface area contributed by atoms with Crippen molar-refractivity contribution in [3.8, 4) is 0 Å². The first-order valence-electron chi connectivity index (χ1n) is 12.4. The van der Waals surface area contributed by atoms with E-state index in [9.17, 15) is 19.6 Å². The van der Waals surface area contributed by atoms with Gasteiger partial charge in [0.2, 0.25) is 0 Å². The lowest BCUT2D eigenvalue weighted by Crippen LogP contribution is -2.65. The Labute approximate surface area is 201 Å². The summed E-state index contributed by atoms with van der Waals surface area (Å²) in [6, 6.07) is 6.49. The first kappa shape index (κ1) is 24.7. The van der Waals surface area contributed by atoms with Crippen LogP contribution in [0.4, 0.5) is 10.5 Å². The standard InChI is InChI=1S/C26H38N4O4/c1-17(31)5-4-6-21(30-34)28-22(32)19-7-9-20(10-8-19)27-23(33)29-26-13-18-11-24(2,15-26)14-25(3,12-18)16-26/h7-10,18,21,30,34H,4-6,11-16H2,1-3H3,(H,28,32)(H2,27,29,33). The molecular weight excluding hydrogens is 432 g/mol. The van der Waals surface area contributed by atoms with Crippen LogP contribution in [-0.2, 0) is 4.79 Å². The number of hydroxylamine groups is 1. The van der Waals surface area contributed by atoms with Crippen molar-refractivity contribution >= 4 is 23.4 Å². The lowest BCUT2D eigenvalue weighted by molar-refractivity contribution is -0.117. The van der Waals surface area contributed by atoms with Crippen LogP contribution in [-0.4, -0.2) is 34.6 Å². The van der Waals surface area contributed by atoms with Crippen molar-refractivity contribution in [1.82, 2.24) is 16.1 Å². The third-order valence-corrected chi connectivity index (χ3v) is 7.89. The highest BCUT2D eigenvalue weighted by Gasteiger charge is 2.60. The Morgan fingerprint density at radius 1 is 1.03 bits per heavy atom. The Kier molecular flexibility index (Phi) is 6.75. The van der Waals surface area contributed by atoms with E-state index in [0.717, 1.165) is 19.3 Å². The van der Waals surface area contributed by atoms with E-state index in [2.05, 4.69) is 35.3 Å². The van der Waals surface area contributed by atoms with Crippen LogP contribution in [0.5, 0.6) is 0 Å². The normalized spacial score (nSPS) is 32.2. The molecule has 186 valence electrons. The summed E-state index contributed by atoms with van der Waals surface area (Å²) in [5.74, 6) is 0.422. The topological polar surface area (TPSA) is 120 Å². The van der Waals surface area contributed by atoms with Gasteiger partial charge >= 0.3 is 6.03 Å². The number of benzene rings is 1. The predicted octanol–water partition coefficient (Wildman–Crippen LogP) is 4.35. The number of nitrogens with one attached hydrogen (secondary N) is 4. The van der Waals surface area contributed by atoms with Crippen LogP contribution in [0.2, 0.25) is 0 Å². The average Bonchev–Trinajstić information content (AvgIpc) is 2.70. The molecule has 4 aliphatic carbocycles. The predicted molar refractivity (Wildman–Crippen MR) is 129 cm³/mol. The molecule has 0 aromatic heterocycles. The van der Waals surface area contributed by atoms with Gasteiger partial charge in [-0.05, 0) is 99.3 Å². The van der Waals surface area contributed by atoms with E-state index in [1.807, 2.05) is 0 Å². The zero-order valence-electron chi connectivity index (χ0n) is 20.5. The molecule has 1 aromatic carbocycles. The molecular formula is C26H38N4O4. The lowest BCUT2D eigenvalue weighted by atomic mass is 9.43. The maximum absolute atomic E-state index is 12.9. The summed E-state index contributed by atoms with van der Waals surface area (Å²) in [4.78, 5) is 36.5. The van der Waals surface area contributed by atoms with Gasteiger partial charge in [-0.25, -0.2) is 4.79 Å². The molecule has 1 aromatic rings. The first-order valence-corrected chi connectivity index (χ1v) is 12.4. The molecule has 3 amide bonds. The third kappa shape index (κ3) is 5.61. The van der Waals surface area contributed by atoms with E-state index in [1.54, 1.807) is 24.3 Å². The molecule has 0 saturated heterocycles. The summed E-state index contributed by atoms with van der Waals surface area (Å²) >= 11 is 0. The minimum Gasteiger partial charge on any atom is -0.335 e. The number of anilines is 1. The lowest BCUT2D eigenvalue weighted by Gasteiger charge is -2.65. The number of hydrogen-bond donors (Lipinski definition) is 5. The maximum Gasteiger partial charge on any atom is 0.319 e. The van der Waals surface area contributed by atoms with Crippen molar-refractivity contribution in [2.75, 3.05) is 5.32 Å². The summed E-state index contributed by atoms with van der Waals surface area (Å²) in [6.45, 7) is 6.28. The fourth-order valence-electron chi connectivity index (χ4n) is 7.66. The molecule has 34 heavy (non-hydrogen) atoms. The molecule has 0 spiro atoms. The average molecular weight is 471 g/mol. The number of Topliss-reactive ketones (excluding diaryl/α,β-unsaturated/α-hetero) is 1. The first-order chi connectivity index (χ1) is 16.0. The van der Waals surface area contributed by atoms with Crippen LogP contribution in [0.15, 0.2) is 24.3 Å². The van der Waals surface area contributed by atoms with Gasteiger partial charge in [0, 0.05) is 23.2 Å². The summed E-state index contributed by atoms with van der Waals surface area (Å²) in [7, 11) is 0. The zero-order chi connectivity index (χ0) is 24.6. The Bertz CT molecular complexity index is 929. The van der Waals surface area contributed by atoms with Gasteiger partial charge in [0.25, 0.3) is 5.91 Å². The van der Waals surface area contributed by atoms with Crippen molar-refractivity contribution < 1.29 is 19.6 Å². The van der Waals surface area contributed by atoms with Crippen LogP contribution in [0.1, 0.15) is 88.9 Å². The molecule has 4 fully saturated rings. The highest BCUT2D eigenvalue weighted by molar-refractivity contribution is 5.95. The Morgan fingerprint density at radius 2 is 1.68 bits per heavy atom. The minimum absolute atomic E-state index is 0.0711. The van der Waals surface area contributed by atoms with Gasteiger partial charge in [0.1, 0.15) is 11.9 Å². The van der Waals surface area contributed by atoms with Crippen molar-refractivity contribution in [2.45, 2.75) is 90.3 Å². The van der Waals surface area contributed by atoms with Gasteiger partial charge in [0.05, 0.1) is 0 Å². The monoisotopic (exact) mass is 470 g/mol. The fourth-order valence-corrected chi connectivity index (χ4v) is 7.66. The molecule has 4 saturated carbocycles. The van der Waals surface area contributed by atoms with Crippen LogP contribution in [0.3, 0.4) is 0 Å². The summed E-state index contributed by atoms with van der Waals surface area (Å²) in [5.41, 5.74) is 3.63. The third-order valence-electron chi connectivity index (χ3n) is 7.89. The van der Waals surface area contributed by atoms with E-state index in [0.29, 0.717) is 47.3 Å². The highest BCUT2D eigenvalue weighted by Crippen LogP contribution is 2.66.